The second-order valence-corrected chi connectivity index (χ2v) is 11.2. The van der Waals surface area contributed by atoms with Crippen molar-refractivity contribution in [1.82, 2.24) is 0 Å². The number of carbonyl (C=O) groups excluding carboxylic acids is 3. The van der Waals surface area contributed by atoms with E-state index in [9.17, 15) is 14.4 Å². The number of hydrogen-bond acceptors (Lipinski definition) is 6. The van der Waals surface area contributed by atoms with Crippen LogP contribution in [0.4, 0.5) is 0 Å². The van der Waals surface area contributed by atoms with Crippen LogP contribution < -0.4 is 0 Å². The Morgan fingerprint density at radius 2 is 0.854 bits per heavy atom. The third-order valence-electron chi connectivity index (χ3n) is 6.12. The summed E-state index contributed by atoms with van der Waals surface area (Å²) in [5, 5.41) is 0. The van der Waals surface area contributed by atoms with Crippen molar-refractivity contribution in [1.29, 1.82) is 0 Å². The molecule has 0 aliphatic rings. The topological polar surface area (TPSA) is 78.9 Å². The molecule has 0 aromatic rings. The molecule has 0 bridgehead atoms. The third kappa shape index (κ3) is 37.6. The molecule has 240 valence electrons. The van der Waals surface area contributed by atoms with Gasteiger partial charge < -0.3 is 14.2 Å². The molecular weight excluding hydrogens is 516 g/mol. The monoisotopic (exact) mass is 580 g/mol. The zero-order valence-electron chi connectivity index (χ0n) is 27.9. The molecule has 41 heavy (non-hydrogen) atoms. The first-order valence-corrected chi connectivity index (χ1v) is 15.8. The Hall–Kier alpha value is -2.37. The lowest BCUT2D eigenvalue weighted by Gasteiger charge is -2.05. The largest absolute Gasteiger partial charge is 0.466 e. The van der Waals surface area contributed by atoms with E-state index in [0.717, 1.165) is 25.2 Å². The molecule has 0 rings (SSSR count). The molecule has 0 fully saturated rings. The van der Waals surface area contributed by atoms with E-state index >= 15 is 0 Å². The Morgan fingerprint density at radius 3 is 1.12 bits per heavy atom. The van der Waals surface area contributed by atoms with Gasteiger partial charge in [-0.3, -0.25) is 0 Å². The van der Waals surface area contributed by atoms with Crippen LogP contribution >= 0.6 is 0 Å². The summed E-state index contributed by atoms with van der Waals surface area (Å²) in [6, 6.07) is 0. The first-order valence-electron chi connectivity index (χ1n) is 15.8. The van der Waals surface area contributed by atoms with Gasteiger partial charge in [0.25, 0.3) is 0 Å². The molecule has 6 nitrogen and oxygen atoms in total. The van der Waals surface area contributed by atoms with Crippen LogP contribution in [-0.2, 0) is 28.6 Å². The fourth-order valence-corrected chi connectivity index (χ4v) is 3.52. The molecule has 0 radical (unpaired) electrons. The zero-order valence-corrected chi connectivity index (χ0v) is 27.9. The Labute approximate surface area is 253 Å². The SMILES string of the molecule is C=C(C)C(=O)OC.C=C(C)C(=O)OCCCCCCCC(C)C.C=C(C)C(=O)OCCCCCCCCCCCC. The van der Waals surface area contributed by atoms with Crippen LogP contribution in [0, 0.1) is 5.92 Å². The molecule has 0 aliphatic carbocycles. The average Bonchev–Trinajstić information content (AvgIpc) is 2.92. The maximum absolute atomic E-state index is 11.1. The van der Waals surface area contributed by atoms with Crippen LogP contribution in [-0.4, -0.2) is 38.2 Å². The molecule has 0 N–H and O–H groups in total. The van der Waals surface area contributed by atoms with E-state index in [1.807, 2.05) is 0 Å². The second-order valence-electron chi connectivity index (χ2n) is 11.2. The van der Waals surface area contributed by atoms with Gasteiger partial charge in [-0.25, -0.2) is 14.4 Å². The van der Waals surface area contributed by atoms with Gasteiger partial charge in [-0.15, -0.1) is 0 Å². The molecule has 0 amide bonds. The molecule has 0 saturated carbocycles. The minimum atomic E-state index is -0.347. The maximum atomic E-state index is 11.1. The van der Waals surface area contributed by atoms with Crippen molar-refractivity contribution in [3.05, 3.63) is 36.5 Å². The van der Waals surface area contributed by atoms with Crippen molar-refractivity contribution >= 4 is 17.9 Å². The van der Waals surface area contributed by atoms with Gasteiger partial charge in [0, 0.05) is 16.7 Å². The number of unbranched alkanes of at least 4 members (excludes halogenated alkanes) is 13. The minimum Gasteiger partial charge on any atom is -0.466 e. The Balaban J connectivity index is -0.000000576. The molecule has 0 aliphatic heterocycles. The smallest absolute Gasteiger partial charge is 0.333 e. The van der Waals surface area contributed by atoms with Gasteiger partial charge in [-0.05, 0) is 39.5 Å². The van der Waals surface area contributed by atoms with E-state index in [1.54, 1.807) is 20.8 Å². The highest BCUT2D eigenvalue weighted by molar-refractivity contribution is 5.87. The van der Waals surface area contributed by atoms with E-state index in [0.29, 0.717) is 29.9 Å². The van der Waals surface area contributed by atoms with Crippen LogP contribution in [0.25, 0.3) is 0 Å². The normalized spacial score (nSPS) is 9.95. The van der Waals surface area contributed by atoms with E-state index in [1.165, 1.54) is 90.6 Å². The molecule has 0 unspecified atom stereocenters. The Kier molecular flexibility index (Phi) is 33.8. The summed E-state index contributed by atoms with van der Waals surface area (Å²) >= 11 is 0. The number of rotatable bonds is 22. The van der Waals surface area contributed by atoms with E-state index in [2.05, 4.69) is 45.2 Å². The van der Waals surface area contributed by atoms with E-state index in [-0.39, 0.29) is 17.9 Å². The number of hydrogen-bond donors (Lipinski definition) is 0. The van der Waals surface area contributed by atoms with Crippen molar-refractivity contribution < 1.29 is 28.6 Å². The van der Waals surface area contributed by atoms with Crippen molar-refractivity contribution in [3.8, 4) is 0 Å². The van der Waals surface area contributed by atoms with Gasteiger partial charge in [0.1, 0.15) is 0 Å². The summed E-state index contributed by atoms with van der Waals surface area (Å²) in [6.07, 6.45) is 20.3. The predicted molar refractivity (Wildman–Crippen MR) is 173 cm³/mol. The van der Waals surface area contributed by atoms with Gasteiger partial charge >= 0.3 is 17.9 Å². The first kappa shape index (κ1) is 43.1. The van der Waals surface area contributed by atoms with E-state index < -0.39 is 0 Å². The molecule has 0 aromatic carbocycles. The van der Waals surface area contributed by atoms with Gasteiger partial charge in [-0.2, -0.15) is 0 Å². The van der Waals surface area contributed by atoms with Crippen molar-refractivity contribution in [2.24, 2.45) is 5.92 Å². The lowest BCUT2D eigenvalue weighted by Crippen LogP contribution is -2.05. The molecule has 0 aromatic heterocycles. The van der Waals surface area contributed by atoms with Gasteiger partial charge in [-0.1, -0.05) is 130 Å². The molecule has 6 heteroatoms. The molecule has 0 heterocycles. The zero-order chi connectivity index (χ0) is 31.9. The lowest BCUT2D eigenvalue weighted by molar-refractivity contribution is -0.139. The second kappa shape index (κ2) is 32.1. The van der Waals surface area contributed by atoms with Crippen LogP contribution in [0.5, 0.6) is 0 Å². The summed E-state index contributed by atoms with van der Waals surface area (Å²) in [4.78, 5) is 32.3. The van der Waals surface area contributed by atoms with Crippen molar-refractivity contribution in [3.63, 3.8) is 0 Å². The highest BCUT2D eigenvalue weighted by atomic mass is 16.5. The highest BCUT2D eigenvalue weighted by Gasteiger charge is 2.03. The molecule has 0 atom stereocenters. The molecular formula is C35H64O6. The predicted octanol–water partition coefficient (Wildman–Crippen LogP) is 9.86. The fourth-order valence-electron chi connectivity index (χ4n) is 3.52. The third-order valence-corrected chi connectivity index (χ3v) is 6.12. The average molecular weight is 581 g/mol. The number of carbonyl (C=O) groups is 3. The maximum Gasteiger partial charge on any atom is 0.333 e. The van der Waals surface area contributed by atoms with Crippen molar-refractivity contribution in [2.45, 2.75) is 144 Å². The standard InChI is InChI=1S/C16H30O2.C14H26O2.C5H8O2/c1-4-5-6-7-8-9-10-11-12-13-14-18-16(17)15(2)3;1-12(2)10-8-6-5-7-9-11-16-14(15)13(3)4;1-4(2)5(6)7-3/h2,4-14H2,1,3H3;12H,3,5-11H2,1-2,4H3;1H2,2-3H3. The van der Waals surface area contributed by atoms with E-state index in [4.69, 9.17) is 9.47 Å². The highest BCUT2D eigenvalue weighted by Crippen LogP contribution is 2.11. The number of ether oxygens (including phenoxy) is 3. The number of methoxy groups -OCH3 is 1. The molecule has 0 saturated heterocycles. The van der Waals surface area contributed by atoms with Gasteiger partial charge in [0.2, 0.25) is 0 Å². The first-order chi connectivity index (χ1) is 19.4. The molecule has 0 spiro atoms. The van der Waals surface area contributed by atoms with Gasteiger partial charge in [0.05, 0.1) is 20.3 Å². The summed E-state index contributed by atoms with van der Waals surface area (Å²) < 4.78 is 14.3. The van der Waals surface area contributed by atoms with Gasteiger partial charge in [0.15, 0.2) is 0 Å². The minimum absolute atomic E-state index is 0.258. The lowest BCUT2D eigenvalue weighted by atomic mass is 10.0. The van der Waals surface area contributed by atoms with Crippen molar-refractivity contribution in [2.75, 3.05) is 20.3 Å². The van der Waals surface area contributed by atoms with Crippen LogP contribution in [0.2, 0.25) is 0 Å². The van der Waals surface area contributed by atoms with Crippen LogP contribution in [0.3, 0.4) is 0 Å². The summed E-state index contributed by atoms with van der Waals surface area (Å²) in [7, 11) is 1.33. The Bertz CT molecular complexity index is 707. The summed E-state index contributed by atoms with van der Waals surface area (Å²) in [5.74, 6) is -0.0535. The Morgan fingerprint density at radius 1 is 0.537 bits per heavy atom. The quantitative estimate of drug-likeness (QED) is 0.0549. The number of esters is 3. The van der Waals surface area contributed by atoms with Crippen LogP contribution in [0.15, 0.2) is 36.5 Å². The fraction of sp³-hybridized carbons (Fsp3) is 0.743. The van der Waals surface area contributed by atoms with Crippen LogP contribution in [0.1, 0.15) is 144 Å². The summed E-state index contributed by atoms with van der Waals surface area (Å²) in [5.41, 5.74) is 1.40. The summed E-state index contributed by atoms with van der Waals surface area (Å²) in [6.45, 7) is 23.3.